The molecule has 0 radical (unpaired) electrons. The number of nitrogens with one attached hydrogen (secondary N) is 1. The maximum atomic E-state index is 12.3. The number of ether oxygens (including phenoxy) is 3. The topological polar surface area (TPSA) is 114 Å². The van der Waals surface area contributed by atoms with Crippen LogP contribution in [0.5, 0.6) is 17.2 Å². The Morgan fingerprint density at radius 2 is 1.54 bits per heavy atom. The molecule has 1 saturated heterocycles. The number of nitrogens with zero attached hydrogens (tertiary/aromatic N) is 2. The lowest BCUT2D eigenvalue weighted by atomic mass is 10.2. The van der Waals surface area contributed by atoms with Gasteiger partial charge >= 0.3 is 17.8 Å². The van der Waals surface area contributed by atoms with E-state index in [0.29, 0.717) is 34.3 Å². The molecule has 1 heterocycles. The van der Waals surface area contributed by atoms with Gasteiger partial charge in [0.15, 0.2) is 11.5 Å². The maximum absolute atomic E-state index is 12.3. The van der Waals surface area contributed by atoms with Gasteiger partial charge in [0.25, 0.3) is 0 Å². The molecule has 0 bridgehead atoms. The summed E-state index contributed by atoms with van der Waals surface area (Å²) < 4.78 is 15.6. The third kappa shape index (κ3) is 4.16. The quantitative estimate of drug-likeness (QED) is 0.496. The van der Waals surface area contributed by atoms with Crippen LogP contribution in [0.4, 0.5) is 10.5 Å². The molecule has 1 aromatic carbocycles. The van der Waals surface area contributed by atoms with Gasteiger partial charge in [-0.3, -0.25) is 19.3 Å². The van der Waals surface area contributed by atoms with Crippen LogP contribution in [0.3, 0.4) is 0 Å². The zero-order valence-corrected chi connectivity index (χ0v) is 16.2. The third-order valence-electron chi connectivity index (χ3n) is 4.12. The molecule has 1 aromatic rings. The number of rotatable bonds is 9. The van der Waals surface area contributed by atoms with Gasteiger partial charge in [0.05, 0.1) is 21.3 Å². The monoisotopic (exact) mass is 393 g/mol. The number of carbonyl (C=O) groups is 4. The summed E-state index contributed by atoms with van der Waals surface area (Å²) in [5.74, 6) is -1.58. The fourth-order valence-electron chi connectivity index (χ4n) is 2.70. The van der Waals surface area contributed by atoms with Crippen LogP contribution in [0, 0.1) is 0 Å². The predicted octanol–water partition coefficient (Wildman–Crippen LogP) is 1.24. The van der Waals surface area contributed by atoms with Crippen LogP contribution >= 0.6 is 0 Å². The molecule has 0 atom stereocenters. The summed E-state index contributed by atoms with van der Waals surface area (Å²) >= 11 is 0. The molecule has 2 rings (SSSR count). The maximum Gasteiger partial charge on any atom is 0.334 e. The molecule has 10 nitrogen and oxygen atoms in total. The molecule has 1 aliphatic heterocycles. The van der Waals surface area contributed by atoms with E-state index < -0.39 is 30.3 Å². The largest absolute Gasteiger partial charge is 0.493 e. The highest BCUT2D eigenvalue weighted by Gasteiger charge is 2.44. The van der Waals surface area contributed by atoms with Crippen molar-refractivity contribution in [2.45, 2.75) is 19.8 Å². The Morgan fingerprint density at radius 1 is 0.964 bits per heavy atom. The van der Waals surface area contributed by atoms with Gasteiger partial charge in [0.1, 0.15) is 6.54 Å². The van der Waals surface area contributed by atoms with E-state index >= 15 is 0 Å². The second-order valence-electron chi connectivity index (χ2n) is 5.95. The Labute approximate surface area is 162 Å². The standard InChI is InChI=1S/C18H23N3O7/c1-5-6-7-20-16(23)17(24)21(18(20)25)10-14(22)19-11-8-12(26-2)15(28-4)13(9-11)27-3/h8-9H,5-7,10H2,1-4H3,(H,19,22). The Kier molecular flexibility index (Phi) is 6.80. The van der Waals surface area contributed by atoms with Crippen molar-refractivity contribution in [3.63, 3.8) is 0 Å². The molecule has 0 aromatic heterocycles. The lowest BCUT2D eigenvalue weighted by molar-refractivity contribution is -0.143. The van der Waals surface area contributed by atoms with Crippen LogP contribution in [0.25, 0.3) is 0 Å². The van der Waals surface area contributed by atoms with E-state index in [-0.39, 0.29) is 6.54 Å². The van der Waals surface area contributed by atoms with Gasteiger partial charge in [-0.15, -0.1) is 0 Å². The first-order chi connectivity index (χ1) is 13.4. The van der Waals surface area contributed by atoms with Crippen LogP contribution < -0.4 is 19.5 Å². The first-order valence-corrected chi connectivity index (χ1v) is 8.65. The molecule has 10 heteroatoms. The van der Waals surface area contributed by atoms with Crippen molar-refractivity contribution in [3.05, 3.63) is 12.1 Å². The normalized spacial score (nSPS) is 13.8. The summed E-state index contributed by atoms with van der Waals surface area (Å²) in [7, 11) is 4.31. The van der Waals surface area contributed by atoms with Crippen molar-refractivity contribution in [1.29, 1.82) is 0 Å². The lowest BCUT2D eigenvalue weighted by Gasteiger charge is -2.16. The highest BCUT2D eigenvalue weighted by Crippen LogP contribution is 2.39. The first-order valence-electron chi connectivity index (χ1n) is 8.65. The van der Waals surface area contributed by atoms with Crippen molar-refractivity contribution in [2.75, 3.05) is 39.7 Å². The highest BCUT2D eigenvalue weighted by molar-refractivity contribution is 6.45. The molecule has 28 heavy (non-hydrogen) atoms. The van der Waals surface area contributed by atoms with Gasteiger partial charge in [-0.1, -0.05) is 13.3 Å². The number of benzene rings is 1. The van der Waals surface area contributed by atoms with E-state index in [1.165, 1.54) is 33.5 Å². The van der Waals surface area contributed by atoms with Crippen LogP contribution in [0.15, 0.2) is 12.1 Å². The lowest BCUT2D eigenvalue weighted by Crippen LogP contribution is -2.39. The van der Waals surface area contributed by atoms with Crippen LogP contribution in [0.2, 0.25) is 0 Å². The Hall–Kier alpha value is -3.30. The second kappa shape index (κ2) is 9.07. The number of urea groups is 1. The minimum absolute atomic E-state index is 0.144. The van der Waals surface area contributed by atoms with Crippen molar-refractivity contribution in [3.8, 4) is 17.2 Å². The van der Waals surface area contributed by atoms with Crippen molar-refractivity contribution < 1.29 is 33.4 Å². The van der Waals surface area contributed by atoms with Crippen LogP contribution in [-0.4, -0.2) is 68.0 Å². The van der Waals surface area contributed by atoms with Crippen molar-refractivity contribution in [2.24, 2.45) is 0 Å². The van der Waals surface area contributed by atoms with Gasteiger partial charge in [0.2, 0.25) is 11.7 Å². The van der Waals surface area contributed by atoms with E-state index in [1.807, 2.05) is 6.92 Å². The average Bonchev–Trinajstić information content (AvgIpc) is 2.88. The number of anilines is 1. The van der Waals surface area contributed by atoms with Gasteiger partial charge < -0.3 is 19.5 Å². The minimum Gasteiger partial charge on any atom is -0.493 e. The third-order valence-corrected chi connectivity index (χ3v) is 4.12. The summed E-state index contributed by atoms with van der Waals surface area (Å²) in [6.07, 6.45) is 1.34. The smallest absolute Gasteiger partial charge is 0.334 e. The molecule has 1 fully saturated rings. The zero-order valence-electron chi connectivity index (χ0n) is 16.2. The number of unbranched alkanes of at least 4 members (excludes halogenated alkanes) is 1. The molecule has 0 spiro atoms. The molecule has 152 valence electrons. The number of carbonyl (C=O) groups excluding carboxylic acids is 4. The highest BCUT2D eigenvalue weighted by atomic mass is 16.5. The van der Waals surface area contributed by atoms with Gasteiger partial charge in [-0.05, 0) is 6.42 Å². The molecule has 0 unspecified atom stereocenters. The molecule has 5 amide bonds. The summed E-state index contributed by atoms with van der Waals surface area (Å²) in [4.78, 5) is 50.1. The number of hydrogen-bond donors (Lipinski definition) is 1. The summed E-state index contributed by atoms with van der Waals surface area (Å²) in [5, 5.41) is 2.55. The summed E-state index contributed by atoms with van der Waals surface area (Å²) in [5.41, 5.74) is 0.313. The molecule has 0 saturated carbocycles. The molecular weight excluding hydrogens is 370 g/mol. The van der Waals surface area contributed by atoms with Crippen LogP contribution in [-0.2, 0) is 14.4 Å². The second-order valence-corrected chi connectivity index (χ2v) is 5.95. The average molecular weight is 393 g/mol. The molecular formula is C18H23N3O7. The number of hydrogen-bond acceptors (Lipinski definition) is 7. The van der Waals surface area contributed by atoms with Crippen molar-refractivity contribution in [1.82, 2.24) is 9.80 Å². The van der Waals surface area contributed by atoms with E-state index in [0.717, 1.165) is 11.3 Å². The fourth-order valence-corrected chi connectivity index (χ4v) is 2.70. The van der Waals surface area contributed by atoms with Gasteiger partial charge in [0, 0.05) is 24.4 Å². The molecule has 0 aliphatic carbocycles. The van der Waals surface area contributed by atoms with E-state index in [4.69, 9.17) is 14.2 Å². The van der Waals surface area contributed by atoms with E-state index in [1.54, 1.807) is 0 Å². The van der Waals surface area contributed by atoms with Crippen molar-refractivity contribution >= 4 is 29.4 Å². The first kappa shape index (κ1) is 21.0. The Balaban J connectivity index is 2.13. The summed E-state index contributed by atoms with van der Waals surface area (Å²) in [6.45, 7) is 1.46. The van der Waals surface area contributed by atoms with Gasteiger partial charge in [-0.2, -0.15) is 0 Å². The zero-order chi connectivity index (χ0) is 20.8. The SMILES string of the molecule is CCCCN1C(=O)C(=O)N(CC(=O)Nc2cc(OC)c(OC)c(OC)c2)C1=O. The Bertz CT molecular complexity index is 768. The van der Waals surface area contributed by atoms with E-state index in [9.17, 15) is 19.2 Å². The fraction of sp³-hybridized carbons (Fsp3) is 0.444. The van der Waals surface area contributed by atoms with Crippen LogP contribution in [0.1, 0.15) is 19.8 Å². The number of amides is 5. The number of methoxy groups -OCH3 is 3. The summed E-state index contributed by atoms with van der Waals surface area (Å²) in [6, 6.07) is 2.22. The molecule has 1 N–H and O–H groups in total. The number of imide groups is 2. The van der Waals surface area contributed by atoms with Gasteiger partial charge in [-0.25, -0.2) is 9.69 Å². The Morgan fingerprint density at radius 3 is 2.04 bits per heavy atom. The van der Waals surface area contributed by atoms with E-state index in [2.05, 4.69) is 5.32 Å². The minimum atomic E-state index is -1.01. The predicted molar refractivity (Wildman–Crippen MR) is 98.5 cm³/mol. The molecule has 1 aliphatic rings.